The van der Waals surface area contributed by atoms with Gasteiger partial charge in [-0.15, -0.1) is 0 Å². The predicted octanol–water partition coefficient (Wildman–Crippen LogP) is 4.78. The Bertz CT molecular complexity index is 467. The molecule has 5 aliphatic carbocycles. The molecule has 4 saturated carbocycles. The largest absolute Gasteiger partial charge is 0.346 e. The molecule has 4 bridgehead atoms. The molecule has 2 nitrogen and oxygen atoms in total. The van der Waals surface area contributed by atoms with Crippen molar-refractivity contribution in [3.8, 4) is 0 Å². The van der Waals surface area contributed by atoms with Gasteiger partial charge in [0.1, 0.15) is 0 Å². The van der Waals surface area contributed by atoms with Gasteiger partial charge in [-0.25, -0.2) is 0 Å². The third-order valence-corrected chi connectivity index (χ3v) is 6.09. The lowest BCUT2D eigenvalue weighted by molar-refractivity contribution is -0.256. The van der Waals surface area contributed by atoms with E-state index in [0.717, 1.165) is 24.2 Å². The Kier molecular flexibility index (Phi) is 3.78. The monoisotopic (exact) mass is 300 g/mol. The molecular weight excluding hydrogens is 272 g/mol. The highest BCUT2D eigenvalue weighted by Gasteiger charge is 2.52. The standard InChI is InChI=1S/C20H28O2/c1-3-15-4-6-19(7-5-15)21-14(2)22-20-11-16-8-17(12-20)10-18(9-16)13-20/h3-6,14,16-19H,1,7-13H2,2H3. The van der Waals surface area contributed by atoms with Gasteiger partial charge in [0.15, 0.2) is 6.29 Å². The van der Waals surface area contributed by atoms with Gasteiger partial charge in [-0.1, -0.05) is 30.9 Å². The van der Waals surface area contributed by atoms with Crippen molar-refractivity contribution in [2.45, 2.75) is 69.9 Å². The van der Waals surface area contributed by atoms with Crippen molar-refractivity contribution in [3.05, 3.63) is 36.5 Å². The molecule has 0 N–H and O–H groups in total. The third-order valence-electron chi connectivity index (χ3n) is 6.09. The summed E-state index contributed by atoms with van der Waals surface area (Å²) in [4.78, 5) is 0. The van der Waals surface area contributed by atoms with E-state index in [9.17, 15) is 0 Å². The maximum Gasteiger partial charge on any atom is 0.156 e. The quantitative estimate of drug-likeness (QED) is 0.681. The van der Waals surface area contributed by atoms with Crippen molar-refractivity contribution in [3.63, 3.8) is 0 Å². The second-order valence-corrected chi connectivity index (χ2v) is 7.96. The van der Waals surface area contributed by atoms with E-state index in [2.05, 4.69) is 31.7 Å². The van der Waals surface area contributed by atoms with Crippen molar-refractivity contribution >= 4 is 0 Å². The Morgan fingerprint density at radius 2 is 1.82 bits per heavy atom. The lowest BCUT2D eigenvalue weighted by atomic mass is 9.54. The molecule has 5 aliphatic rings. The molecule has 0 amide bonds. The van der Waals surface area contributed by atoms with Crippen molar-refractivity contribution in [1.29, 1.82) is 0 Å². The molecule has 2 heteroatoms. The summed E-state index contributed by atoms with van der Waals surface area (Å²) in [5.41, 5.74) is 1.32. The van der Waals surface area contributed by atoms with Crippen LogP contribution in [-0.2, 0) is 9.47 Å². The van der Waals surface area contributed by atoms with Crippen LogP contribution in [0.25, 0.3) is 0 Å². The third kappa shape index (κ3) is 2.83. The summed E-state index contributed by atoms with van der Waals surface area (Å²) in [7, 11) is 0. The fourth-order valence-electron chi connectivity index (χ4n) is 5.67. The molecule has 0 heterocycles. The number of ether oxygens (including phenoxy) is 2. The maximum absolute atomic E-state index is 6.51. The van der Waals surface area contributed by atoms with Crippen LogP contribution in [0.2, 0.25) is 0 Å². The minimum absolute atomic E-state index is 0.107. The fraction of sp³-hybridized carbons (Fsp3) is 0.700. The van der Waals surface area contributed by atoms with Gasteiger partial charge in [0.05, 0.1) is 11.7 Å². The summed E-state index contributed by atoms with van der Waals surface area (Å²) < 4.78 is 12.6. The Hall–Kier alpha value is -0.860. The molecule has 0 saturated heterocycles. The molecule has 5 rings (SSSR count). The van der Waals surface area contributed by atoms with E-state index in [-0.39, 0.29) is 18.0 Å². The lowest BCUT2D eigenvalue weighted by Gasteiger charge is -2.56. The zero-order valence-corrected chi connectivity index (χ0v) is 13.7. The van der Waals surface area contributed by atoms with Crippen molar-refractivity contribution in [2.24, 2.45) is 17.8 Å². The van der Waals surface area contributed by atoms with Crippen LogP contribution < -0.4 is 0 Å². The van der Waals surface area contributed by atoms with Gasteiger partial charge in [-0.2, -0.15) is 0 Å². The summed E-state index contributed by atoms with van der Waals surface area (Å²) in [6.45, 7) is 5.89. The normalized spacial score (nSPS) is 44.0. The number of hydrogen-bond donors (Lipinski definition) is 0. The van der Waals surface area contributed by atoms with Gasteiger partial charge in [0, 0.05) is 0 Å². The molecule has 4 fully saturated rings. The molecule has 0 aromatic carbocycles. The Balaban J connectivity index is 1.35. The van der Waals surface area contributed by atoms with E-state index < -0.39 is 0 Å². The summed E-state index contributed by atoms with van der Waals surface area (Å²) in [6.07, 6.45) is 17.5. The molecule has 0 spiro atoms. The molecule has 0 aromatic rings. The first-order valence-electron chi connectivity index (χ1n) is 8.98. The first-order chi connectivity index (χ1) is 10.6. The second kappa shape index (κ2) is 5.65. The highest BCUT2D eigenvalue weighted by Crippen LogP contribution is 2.57. The van der Waals surface area contributed by atoms with Crippen LogP contribution in [0.4, 0.5) is 0 Å². The first-order valence-corrected chi connectivity index (χ1v) is 8.98. The molecule has 0 radical (unpaired) electrons. The molecule has 0 aliphatic heterocycles. The SMILES string of the molecule is C=CC1=CCC(OC(C)OC23CC4CC(CC(C4)C2)C3)C=C1. The predicted molar refractivity (Wildman–Crippen MR) is 88.4 cm³/mol. The average molecular weight is 300 g/mol. The Morgan fingerprint density at radius 3 is 2.32 bits per heavy atom. The average Bonchev–Trinajstić information content (AvgIpc) is 2.45. The highest BCUT2D eigenvalue weighted by molar-refractivity contribution is 5.32. The van der Waals surface area contributed by atoms with Crippen LogP contribution in [0.3, 0.4) is 0 Å². The van der Waals surface area contributed by atoms with E-state index in [1.807, 2.05) is 6.08 Å². The van der Waals surface area contributed by atoms with Crippen LogP contribution >= 0.6 is 0 Å². The Labute approximate surface area is 134 Å². The van der Waals surface area contributed by atoms with Gasteiger partial charge < -0.3 is 9.47 Å². The summed E-state index contributed by atoms with van der Waals surface area (Å²) in [5.74, 6) is 2.77. The summed E-state index contributed by atoms with van der Waals surface area (Å²) in [6, 6.07) is 0. The van der Waals surface area contributed by atoms with Gasteiger partial charge in [-0.05, 0) is 75.2 Å². The van der Waals surface area contributed by atoms with E-state index in [4.69, 9.17) is 9.47 Å². The van der Waals surface area contributed by atoms with Gasteiger partial charge >= 0.3 is 0 Å². The number of allylic oxidation sites excluding steroid dienone is 3. The van der Waals surface area contributed by atoms with E-state index in [0.29, 0.717) is 0 Å². The van der Waals surface area contributed by atoms with Crippen molar-refractivity contribution in [1.82, 2.24) is 0 Å². The van der Waals surface area contributed by atoms with Crippen LogP contribution in [0.1, 0.15) is 51.9 Å². The fourth-order valence-corrected chi connectivity index (χ4v) is 5.67. The lowest BCUT2D eigenvalue weighted by Crippen LogP contribution is -2.53. The highest BCUT2D eigenvalue weighted by atomic mass is 16.7. The van der Waals surface area contributed by atoms with Gasteiger partial charge in [0.25, 0.3) is 0 Å². The second-order valence-electron chi connectivity index (χ2n) is 7.96. The number of hydrogen-bond acceptors (Lipinski definition) is 2. The smallest absolute Gasteiger partial charge is 0.156 e. The number of rotatable bonds is 5. The first kappa shape index (κ1) is 14.7. The summed E-state index contributed by atoms with van der Waals surface area (Å²) >= 11 is 0. The van der Waals surface area contributed by atoms with Crippen molar-refractivity contribution in [2.75, 3.05) is 0 Å². The molecule has 0 aromatic heterocycles. The molecular formula is C20H28O2. The van der Waals surface area contributed by atoms with Crippen LogP contribution in [0.15, 0.2) is 36.5 Å². The van der Waals surface area contributed by atoms with Crippen molar-refractivity contribution < 1.29 is 9.47 Å². The molecule has 2 unspecified atom stereocenters. The minimum Gasteiger partial charge on any atom is -0.346 e. The minimum atomic E-state index is -0.107. The topological polar surface area (TPSA) is 18.5 Å². The Morgan fingerprint density at radius 1 is 1.18 bits per heavy atom. The van der Waals surface area contributed by atoms with E-state index >= 15 is 0 Å². The van der Waals surface area contributed by atoms with Gasteiger partial charge in [0.2, 0.25) is 0 Å². The zero-order chi connectivity index (χ0) is 15.2. The molecule has 2 atom stereocenters. The molecule has 22 heavy (non-hydrogen) atoms. The van der Waals surface area contributed by atoms with Gasteiger partial charge in [-0.3, -0.25) is 0 Å². The van der Waals surface area contributed by atoms with E-state index in [1.165, 1.54) is 44.1 Å². The van der Waals surface area contributed by atoms with Crippen LogP contribution in [-0.4, -0.2) is 18.0 Å². The molecule has 120 valence electrons. The van der Waals surface area contributed by atoms with E-state index in [1.54, 1.807) is 0 Å². The summed E-state index contributed by atoms with van der Waals surface area (Å²) in [5, 5.41) is 0. The van der Waals surface area contributed by atoms with Crippen LogP contribution in [0, 0.1) is 17.8 Å². The van der Waals surface area contributed by atoms with Crippen LogP contribution in [0.5, 0.6) is 0 Å². The maximum atomic E-state index is 6.51. The zero-order valence-electron chi connectivity index (χ0n) is 13.7.